The summed E-state index contributed by atoms with van der Waals surface area (Å²) >= 11 is 0. The number of hydrogen-bond acceptors (Lipinski definition) is 4. The Morgan fingerprint density at radius 2 is 1.63 bits per heavy atom. The van der Waals surface area contributed by atoms with Gasteiger partial charge in [-0.25, -0.2) is 4.79 Å². The van der Waals surface area contributed by atoms with Crippen LogP contribution >= 0.6 is 0 Å². The Morgan fingerprint density at radius 3 is 2.00 bits per heavy atom. The van der Waals surface area contributed by atoms with E-state index in [4.69, 9.17) is 4.74 Å². The second-order valence-corrected chi connectivity index (χ2v) is 3.67. The maximum Gasteiger partial charge on any atom is 0.338 e. The first-order valence-electron chi connectivity index (χ1n) is 5.45. The summed E-state index contributed by atoms with van der Waals surface area (Å²) in [6.07, 6.45) is 2.39. The van der Waals surface area contributed by atoms with Gasteiger partial charge in [0, 0.05) is 17.7 Å². The van der Waals surface area contributed by atoms with Gasteiger partial charge in [0.25, 0.3) is 11.8 Å². The zero-order valence-electron chi connectivity index (χ0n) is 10.4. The summed E-state index contributed by atoms with van der Waals surface area (Å²) in [6.45, 7) is 5.09. The Balaban J connectivity index is 0.000000218. The van der Waals surface area contributed by atoms with Crippen LogP contribution in [0.15, 0.2) is 54.6 Å². The molecule has 0 aliphatic carbocycles. The molecular weight excluding hydrogens is 246 g/mol. The second-order valence-electron chi connectivity index (χ2n) is 3.67. The molecule has 0 saturated carbocycles. The first kappa shape index (κ1) is 14.4. The highest BCUT2D eigenvalue weighted by Crippen LogP contribution is 2.09. The lowest BCUT2D eigenvalue weighted by atomic mass is 10.3. The summed E-state index contributed by atoms with van der Waals surface area (Å²) in [7, 11) is 0. The fraction of sp³-hybridized carbons (Fsp3) is 0.0714. The third kappa shape index (κ3) is 5.45. The van der Waals surface area contributed by atoms with Gasteiger partial charge in [0.05, 0.1) is 0 Å². The Hall–Kier alpha value is -2.69. The summed E-state index contributed by atoms with van der Waals surface area (Å²) < 4.78 is 4.94. The molecule has 19 heavy (non-hydrogen) atoms. The van der Waals surface area contributed by atoms with Crippen molar-refractivity contribution in [2.24, 2.45) is 0 Å². The molecule has 2 amide bonds. The van der Waals surface area contributed by atoms with Gasteiger partial charge in [0.1, 0.15) is 5.75 Å². The van der Waals surface area contributed by atoms with E-state index in [1.807, 2.05) is 11.4 Å². The van der Waals surface area contributed by atoms with E-state index in [1.54, 1.807) is 31.2 Å². The van der Waals surface area contributed by atoms with E-state index in [9.17, 15) is 14.4 Å². The molecule has 0 unspecified atom stereocenters. The molecule has 1 aliphatic heterocycles. The van der Waals surface area contributed by atoms with Crippen LogP contribution in [0.2, 0.25) is 0 Å². The molecule has 5 heteroatoms. The minimum atomic E-state index is -0.388. The van der Waals surface area contributed by atoms with Crippen molar-refractivity contribution in [2.75, 3.05) is 0 Å². The van der Waals surface area contributed by atoms with E-state index in [1.165, 1.54) is 12.2 Å². The molecule has 0 radical (unpaired) electrons. The van der Waals surface area contributed by atoms with E-state index in [0.29, 0.717) is 11.3 Å². The molecule has 0 atom stereocenters. The lowest BCUT2D eigenvalue weighted by Crippen LogP contribution is -2.19. The number of nitrogens with one attached hydrogen (secondary N) is 1. The van der Waals surface area contributed by atoms with Gasteiger partial charge in [0.15, 0.2) is 0 Å². The number of para-hydroxylation sites is 1. The van der Waals surface area contributed by atoms with Gasteiger partial charge >= 0.3 is 5.97 Å². The molecule has 1 aromatic carbocycles. The first-order valence-corrected chi connectivity index (χ1v) is 5.45. The molecule has 0 fully saturated rings. The van der Waals surface area contributed by atoms with Crippen LogP contribution in [0.25, 0.3) is 0 Å². The predicted octanol–water partition coefficient (Wildman–Crippen LogP) is 1.37. The zero-order chi connectivity index (χ0) is 14.3. The molecule has 1 aromatic rings. The summed E-state index contributed by atoms with van der Waals surface area (Å²) in [5, 5.41) is 2.03. The van der Waals surface area contributed by atoms with Crippen LogP contribution in [0.3, 0.4) is 0 Å². The van der Waals surface area contributed by atoms with Crippen molar-refractivity contribution < 1.29 is 19.1 Å². The van der Waals surface area contributed by atoms with E-state index < -0.39 is 0 Å². The van der Waals surface area contributed by atoms with Crippen LogP contribution in [-0.2, 0) is 14.4 Å². The minimum Gasteiger partial charge on any atom is -0.423 e. The summed E-state index contributed by atoms with van der Waals surface area (Å²) in [4.78, 5) is 31.1. The molecule has 1 heterocycles. The fourth-order valence-corrected chi connectivity index (χ4v) is 1.04. The molecular formula is C14H13NO4. The normalized spacial score (nSPS) is 12.3. The van der Waals surface area contributed by atoms with Crippen molar-refractivity contribution in [3.05, 3.63) is 54.6 Å². The summed E-state index contributed by atoms with van der Waals surface area (Å²) in [6, 6.07) is 8.92. The van der Waals surface area contributed by atoms with Crippen LogP contribution in [-0.4, -0.2) is 17.8 Å². The van der Waals surface area contributed by atoms with E-state index >= 15 is 0 Å². The maximum atomic E-state index is 11.0. The van der Waals surface area contributed by atoms with Gasteiger partial charge in [-0.15, -0.1) is 0 Å². The van der Waals surface area contributed by atoms with Gasteiger partial charge in [0.2, 0.25) is 0 Å². The third-order valence-electron chi connectivity index (χ3n) is 1.93. The van der Waals surface area contributed by atoms with Crippen LogP contribution in [0.5, 0.6) is 5.75 Å². The quantitative estimate of drug-likeness (QED) is 0.377. The first-order chi connectivity index (χ1) is 8.99. The smallest absolute Gasteiger partial charge is 0.338 e. The third-order valence-corrected chi connectivity index (χ3v) is 1.93. The molecule has 0 saturated heterocycles. The van der Waals surface area contributed by atoms with Crippen molar-refractivity contribution in [1.29, 1.82) is 0 Å². The Morgan fingerprint density at radius 1 is 1.11 bits per heavy atom. The summed E-state index contributed by atoms with van der Waals surface area (Å²) in [5.41, 5.74) is 0.402. The predicted molar refractivity (Wildman–Crippen MR) is 69.2 cm³/mol. The number of carbonyl (C=O) groups is 3. The molecule has 0 spiro atoms. The van der Waals surface area contributed by atoms with Gasteiger partial charge < -0.3 is 4.74 Å². The van der Waals surface area contributed by atoms with Gasteiger partial charge in [-0.2, -0.15) is 0 Å². The maximum absolute atomic E-state index is 11.0. The zero-order valence-corrected chi connectivity index (χ0v) is 10.4. The average Bonchev–Trinajstić information content (AvgIpc) is 2.75. The highest BCUT2D eigenvalue weighted by atomic mass is 16.5. The number of imide groups is 1. The molecule has 1 N–H and O–H groups in total. The lowest BCUT2D eigenvalue weighted by molar-refractivity contribution is -0.130. The monoisotopic (exact) mass is 259 g/mol. The van der Waals surface area contributed by atoms with E-state index in [0.717, 1.165) is 0 Å². The van der Waals surface area contributed by atoms with Gasteiger partial charge in [-0.05, 0) is 19.1 Å². The van der Waals surface area contributed by atoms with E-state index in [-0.39, 0.29) is 17.8 Å². The van der Waals surface area contributed by atoms with Gasteiger partial charge in [-0.1, -0.05) is 24.8 Å². The number of hydrogen-bond donors (Lipinski definition) is 1. The Bertz CT molecular complexity index is 516. The largest absolute Gasteiger partial charge is 0.423 e. The molecule has 0 bridgehead atoms. The van der Waals surface area contributed by atoms with E-state index in [2.05, 4.69) is 6.58 Å². The molecule has 98 valence electrons. The van der Waals surface area contributed by atoms with Crippen molar-refractivity contribution >= 4 is 17.8 Å². The SMILES string of the molecule is C=C(C)C(=O)Oc1ccccc1.O=C1C=CC(=O)N1. The Kier molecular flexibility index (Phi) is 5.22. The van der Waals surface area contributed by atoms with Crippen LogP contribution < -0.4 is 10.1 Å². The highest BCUT2D eigenvalue weighted by Gasteiger charge is 2.06. The van der Waals surface area contributed by atoms with Crippen molar-refractivity contribution in [1.82, 2.24) is 5.32 Å². The van der Waals surface area contributed by atoms with Gasteiger partial charge in [-0.3, -0.25) is 14.9 Å². The number of amides is 2. The van der Waals surface area contributed by atoms with Crippen LogP contribution in [0, 0.1) is 0 Å². The number of benzene rings is 1. The number of ether oxygens (including phenoxy) is 1. The van der Waals surface area contributed by atoms with Crippen molar-refractivity contribution in [3.8, 4) is 5.75 Å². The number of rotatable bonds is 2. The van der Waals surface area contributed by atoms with Crippen LogP contribution in [0.4, 0.5) is 0 Å². The number of esters is 1. The fourth-order valence-electron chi connectivity index (χ4n) is 1.04. The van der Waals surface area contributed by atoms with Crippen molar-refractivity contribution in [2.45, 2.75) is 6.92 Å². The summed E-state index contributed by atoms with van der Waals surface area (Å²) in [5.74, 6) is -0.498. The molecule has 5 nitrogen and oxygen atoms in total. The van der Waals surface area contributed by atoms with Crippen molar-refractivity contribution in [3.63, 3.8) is 0 Å². The Labute approximate surface area is 110 Å². The molecule has 1 aliphatic rings. The second kappa shape index (κ2) is 6.90. The lowest BCUT2D eigenvalue weighted by Gasteiger charge is -2.01. The number of carbonyl (C=O) groups excluding carboxylic acids is 3. The van der Waals surface area contributed by atoms with Crippen LogP contribution in [0.1, 0.15) is 6.92 Å². The standard InChI is InChI=1S/C10H10O2.C4H3NO2/c1-8(2)10(11)12-9-6-4-3-5-7-9;6-3-1-2-4(7)5-3/h3-7H,1H2,2H3;1-2H,(H,5,6,7). The average molecular weight is 259 g/mol. The highest BCUT2D eigenvalue weighted by molar-refractivity contribution is 6.12. The molecule has 2 rings (SSSR count). The minimum absolute atomic E-state index is 0.329. The topological polar surface area (TPSA) is 72.5 Å². The molecule has 0 aromatic heterocycles.